The molecule has 2 aromatic heterocycles. The lowest BCUT2D eigenvalue weighted by atomic mass is 10.2. The van der Waals surface area contributed by atoms with E-state index in [1.807, 2.05) is 13.8 Å². The summed E-state index contributed by atoms with van der Waals surface area (Å²) in [6, 6.07) is 2.18. The first kappa shape index (κ1) is 12.7. The van der Waals surface area contributed by atoms with Crippen molar-refractivity contribution in [1.82, 2.24) is 19.7 Å². The number of aromatic nitrogens is 4. The molecule has 0 saturated heterocycles. The van der Waals surface area contributed by atoms with Crippen molar-refractivity contribution in [3.8, 4) is 0 Å². The minimum atomic E-state index is -0.913. The Morgan fingerprint density at radius 1 is 1.25 bits per heavy atom. The summed E-state index contributed by atoms with van der Waals surface area (Å²) in [7, 11) is 0. The van der Waals surface area contributed by atoms with Crippen molar-refractivity contribution >= 4 is 11.0 Å². The summed E-state index contributed by atoms with van der Waals surface area (Å²) in [6.45, 7) is 4.18. The van der Waals surface area contributed by atoms with E-state index in [2.05, 4.69) is 15.1 Å². The van der Waals surface area contributed by atoms with Crippen LogP contribution >= 0.6 is 0 Å². The Balaban J connectivity index is 1.96. The van der Waals surface area contributed by atoms with Gasteiger partial charge in [-0.15, -0.1) is 0 Å². The lowest BCUT2D eigenvalue weighted by Gasteiger charge is -2.00. The molecule has 0 aliphatic carbocycles. The van der Waals surface area contributed by atoms with E-state index in [1.165, 1.54) is 6.33 Å². The monoisotopic (exact) mass is 278 g/mol. The summed E-state index contributed by atoms with van der Waals surface area (Å²) in [6.07, 6.45) is 1.49. The van der Waals surface area contributed by atoms with Gasteiger partial charge in [0.25, 0.3) is 0 Å². The van der Waals surface area contributed by atoms with Gasteiger partial charge in [-0.3, -0.25) is 0 Å². The molecule has 0 amide bonds. The Labute approximate surface area is 113 Å². The zero-order valence-electron chi connectivity index (χ0n) is 11.0. The average molecular weight is 278 g/mol. The summed E-state index contributed by atoms with van der Waals surface area (Å²) < 4.78 is 33.1. The molecule has 0 saturated carbocycles. The second kappa shape index (κ2) is 4.66. The standard InChI is InChI=1S/C13H12F2N4O/c1-7(2)13-17-12(18-20-13)5-19-6-16-10-3-8(14)9(15)4-11(10)19/h3-4,6-7H,5H2,1-2H3. The largest absolute Gasteiger partial charge is 0.339 e. The van der Waals surface area contributed by atoms with Crippen molar-refractivity contribution in [2.45, 2.75) is 26.3 Å². The molecule has 0 fully saturated rings. The van der Waals surface area contributed by atoms with Gasteiger partial charge in [-0.05, 0) is 0 Å². The first-order chi connectivity index (χ1) is 9.54. The van der Waals surface area contributed by atoms with Gasteiger partial charge < -0.3 is 9.09 Å². The van der Waals surface area contributed by atoms with Crippen LogP contribution in [0, 0.1) is 11.6 Å². The van der Waals surface area contributed by atoms with Crippen LogP contribution in [0.15, 0.2) is 23.0 Å². The van der Waals surface area contributed by atoms with E-state index in [-0.39, 0.29) is 12.5 Å². The van der Waals surface area contributed by atoms with Crippen LogP contribution in [-0.2, 0) is 6.54 Å². The second-order valence-electron chi connectivity index (χ2n) is 4.83. The van der Waals surface area contributed by atoms with E-state index < -0.39 is 11.6 Å². The normalized spacial score (nSPS) is 11.7. The van der Waals surface area contributed by atoms with Crippen molar-refractivity contribution < 1.29 is 13.3 Å². The summed E-state index contributed by atoms with van der Waals surface area (Å²) >= 11 is 0. The maximum atomic E-state index is 13.3. The topological polar surface area (TPSA) is 56.7 Å². The minimum absolute atomic E-state index is 0.141. The van der Waals surface area contributed by atoms with Crippen molar-refractivity contribution in [2.24, 2.45) is 0 Å². The maximum Gasteiger partial charge on any atom is 0.229 e. The van der Waals surface area contributed by atoms with Crippen LogP contribution < -0.4 is 0 Å². The lowest BCUT2D eigenvalue weighted by Crippen LogP contribution is -2.01. The number of hydrogen-bond acceptors (Lipinski definition) is 4. The van der Waals surface area contributed by atoms with E-state index >= 15 is 0 Å². The predicted molar refractivity (Wildman–Crippen MR) is 67.1 cm³/mol. The average Bonchev–Trinajstić information content (AvgIpc) is 3.00. The number of benzene rings is 1. The SMILES string of the molecule is CC(C)c1nc(Cn2cnc3cc(F)c(F)cc32)no1. The van der Waals surface area contributed by atoms with E-state index in [4.69, 9.17) is 4.52 Å². The molecule has 5 nitrogen and oxygen atoms in total. The second-order valence-corrected chi connectivity index (χ2v) is 4.83. The van der Waals surface area contributed by atoms with Gasteiger partial charge in [-0.25, -0.2) is 13.8 Å². The molecule has 0 atom stereocenters. The van der Waals surface area contributed by atoms with Crippen LogP contribution in [0.1, 0.15) is 31.5 Å². The molecule has 0 aliphatic heterocycles. The number of rotatable bonds is 3. The predicted octanol–water partition coefficient (Wildman–Crippen LogP) is 2.87. The molecular weight excluding hydrogens is 266 g/mol. The molecule has 1 aromatic carbocycles. The number of hydrogen-bond donors (Lipinski definition) is 0. The van der Waals surface area contributed by atoms with Crippen LogP contribution in [0.4, 0.5) is 8.78 Å². The fourth-order valence-electron chi connectivity index (χ4n) is 1.90. The van der Waals surface area contributed by atoms with E-state index in [0.29, 0.717) is 22.7 Å². The molecule has 0 radical (unpaired) electrons. The molecular formula is C13H12F2N4O. The number of imidazole rings is 1. The quantitative estimate of drug-likeness (QED) is 0.739. The van der Waals surface area contributed by atoms with E-state index in [1.54, 1.807) is 4.57 Å². The van der Waals surface area contributed by atoms with E-state index in [9.17, 15) is 8.78 Å². The number of fused-ring (bicyclic) bond motifs is 1. The Morgan fingerprint density at radius 3 is 2.70 bits per heavy atom. The fourth-order valence-corrected chi connectivity index (χ4v) is 1.90. The first-order valence-corrected chi connectivity index (χ1v) is 6.17. The third-order valence-corrected chi connectivity index (χ3v) is 2.95. The van der Waals surface area contributed by atoms with Gasteiger partial charge in [-0.2, -0.15) is 4.98 Å². The molecule has 3 rings (SSSR count). The molecule has 0 N–H and O–H groups in total. The highest BCUT2D eigenvalue weighted by molar-refractivity contribution is 5.75. The Hall–Kier alpha value is -2.31. The van der Waals surface area contributed by atoms with Crippen molar-refractivity contribution in [1.29, 1.82) is 0 Å². The van der Waals surface area contributed by atoms with Crippen LogP contribution in [0.25, 0.3) is 11.0 Å². The molecule has 104 valence electrons. The van der Waals surface area contributed by atoms with Gasteiger partial charge >= 0.3 is 0 Å². The van der Waals surface area contributed by atoms with Gasteiger partial charge in [0.15, 0.2) is 17.5 Å². The molecule has 0 bridgehead atoms. The molecule has 2 heterocycles. The van der Waals surface area contributed by atoms with Crippen molar-refractivity contribution in [3.63, 3.8) is 0 Å². The van der Waals surface area contributed by atoms with Crippen LogP contribution in [0.3, 0.4) is 0 Å². The van der Waals surface area contributed by atoms with Gasteiger partial charge in [0, 0.05) is 18.1 Å². The zero-order chi connectivity index (χ0) is 14.3. The molecule has 3 aromatic rings. The van der Waals surface area contributed by atoms with Gasteiger partial charge in [0.05, 0.1) is 23.9 Å². The maximum absolute atomic E-state index is 13.3. The van der Waals surface area contributed by atoms with Crippen molar-refractivity contribution in [3.05, 3.63) is 41.8 Å². The van der Waals surface area contributed by atoms with Gasteiger partial charge in [-0.1, -0.05) is 19.0 Å². The molecule has 0 aliphatic rings. The Bertz CT molecular complexity index is 763. The molecule has 0 unspecified atom stereocenters. The first-order valence-electron chi connectivity index (χ1n) is 6.17. The smallest absolute Gasteiger partial charge is 0.229 e. The third-order valence-electron chi connectivity index (χ3n) is 2.95. The lowest BCUT2D eigenvalue weighted by molar-refractivity contribution is 0.360. The number of halogens is 2. The van der Waals surface area contributed by atoms with Crippen LogP contribution in [-0.4, -0.2) is 19.7 Å². The summed E-state index contributed by atoms with van der Waals surface area (Å²) in [5.41, 5.74) is 0.872. The Kier molecular flexibility index (Phi) is 2.96. The molecule has 7 heteroatoms. The highest BCUT2D eigenvalue weighted by atomic mass is 19.2. The summed E-state index contributed by atoms with van der Waals surface area (Å²) in [5, 5.41) is 3.86. The minimum Gasteiger partial charge on any atom is -0.339 e. The van der Waals surface area contributed by atoms with Crippen LogP contribution in [0.5, 0.6) is 0 Å². The molecule has 0 spiro atoms. The van der Waals surface area contributed by atoms with E-state index in [0.717, 1.165) is 12.1 Å². The third kappa shape index (κ3) is 2.15. The van der Waals surface area contributed by atoms with Crippen molar-refractivity contribution in [2.75, 3.05) is 0 Å². The Morgan fingerprint density at radius 2 is 2.00 bits per heavy atom. The summed E-state index contributed by atoms with van der Waals surface area (Å²) in [4.78, 5) is 8.27. The van der Waals surface area contributed by atoms with Crippen LogP contribution in [0.2, 0.25) is 0 Å². The van der Waals surface area contributed by atoms with Gasteiger partial charge in [0.1, 0.15) is 0 Å². The van der Waals surface area contributed by atoms with Gasteiger partial charge in [0.2, 0.25) is 5.89 Å². The molecule has 20 heavy (non-hydrogen) atoms. The highest BCUT2D eigenvalue weighted by Gasteiger charge is 2.13. The zero-order valence-corrected chi connectivity index (χ0v) is 11.0. The fraction of sp³-hybridized carbons (Fsp3) is 0.308. The highest BCUT2D eigenvalue weighted by Crippen LogP contribution is 2.18. The number of nitrogens with zero attached hydrogens (tertiary/aromatic N) is 4. The summed E-state index contributed by atoms with van der Waals surface area (Å²) in [5.74, 6) is -0.665.